The molecule has 1 aromatic carbocycles. The van der Waals surface area contributed by atoms with Gasteiger partial charge in [-0.3, -0.25) is 9.36 Å². The van der Waals surface area contributed by atoms with Crippen molar-refractivity contribution in [3.05, 3.63) is 68.8 Å². The lowest BCUT2D eigenvalue weighted by Gasteiger charge is -2.09. The molecule has 0 saturated heterocycles. The number of hydrogen-bond acceptors (Lipinski definition) is 5. The molecule has 0 aliphatic heterocycles. The number of carbonyl (C=O) groups excluding carboxylic acids is 1. The molecule has 26 heavy (non-hydrogen) atoms. The predicted octanol–water partition coefficient (Wildman–Crippen LogP) is 3.13. The number of carbonyl (C=O) groups is 1. The van der Waals surface area contributed by atoms with E-state index in [-0.39, 0.29) is 11.1 Å². The van der Waals surface area contributed by atoms with E-state index in [0.717, 1.165) is 0 Å². The maximum absolute atomic E-state index is 12.9. The number of halogens is 2. The zero-order valence-corrected chi connectivity index (χ0v) is 14.8. The Morgan fingerprint density at radius 3 is 2.58 bits per heavy atom. The van der Waals surface area contributed by atoms with Crippen LogP contribution in [0, 0.1) is 0 Å². The predicted molar refractivity (Wildman–Crippen MR) is 97.4 cm³/mol. The van der Waals surface area contributed by atoms with Crippen LogP contribution in [0.3, 0.4) is 0 Å². The number of pyridine rings is 1. The highest BCUT2D eigenvalue weighted by molar-refractivity contribution is 6.34. The first-order chi connectivity index (χ1) is 12.5. The van der Waals surface area contributed by atoms with Crippen LogP contribution in [0.2, 0.25) is 10.0 Å². The SMILES string of the molecule is COC(=O)c1cnn2c1ncc1c(=O)n(-c3cc(Cl)cc(Cl)c3)ccc12. The number of esters is 1. The second-order valence-corrected chi connectivity index (χ2v) is 6.33. The van der Waals surface area contributed by atoms with Gasteiger partial charge in [-0.1, -0.05) is 23.2 Å². The highest BCUT2D eigenvalue weighted by atomic mass is 35.5. The van der Waals surface area contributed by atoms with Crippen LogP contribution in [-0.2, 0) is 4.74 Å². The number of rotatable bonds is 2. The Morgan fingerprint density at radius 1 is 1.15 bits per heavy atom. The van der Waals surface area contributed by atoms with E-state index in [2.05, 4.69) is 10.1 Å². The summed E-state index contributed by atoms with van der Waals surface area (Å²) in [5.41, 5.74) is 1.27. The van der Waals surface area contributed by atoms with Gasteiger partial charge in [0.05, 0.1) is 29.9 Å². The molecule has 0 amide bonds. The summed E-state index contributed by atoms with van der Waals surface area (Å²) in [4.78, 5) is 28.9. The fourth-order valence-electron chi connectivity index (χ4n) is 2.75. The van der Waals surface area contributed by atoms with Crippen molar-refractivity contribution in [3.63, 3.8) is 0 Å². The number of benzene rings is 1. The molecule has 0 spiro atoms. The molecule has 9 heteroatoms. The summed E-state index contributed by atoms with van der Waals surface area (Å²) in [6, 6.07) is 6.56. The molecular weight excluding hydrogens is 379 g/mol. The zero-order valence-electron chi connectivity index (χ0n) is 13.3. The monoisotopic (exact) mass is 388 g/mol. The van der Waals surface area contributed by atoms with Crippen LogP contribution < -0.4 is 5.56 Å². The van der Waals surface area contributed by atoms with Crippen LogP contribution in [0.25, 0.3) is 22.2 Å². The van der Waals surface area contributed by atoms with Crippen molar-refractivity contribution in [2.45, 2.75) is 0 Å². The Labute approximate surface area is 156 Å². The molecule has 7 nitrogen and oxygen atoms in total. The first-order valence-electron chi connectivity index (χ1n) is 7.42. The second kappa shape index (κ2) is 6.12. The van der Waals surface area contributed by atoms with Crippen LogP contribution in [0.1, 0.15) is 10.4 Å². The average molecular weight is 389 g/mol. The van der Waals surface area contributed by atoms with E-state index in [1.165, 1.54) is 28.6 Å². The van der Waals surface area contributed by atoms with Crippen LogP contribution >= 0.6 is 23.2 Å². The zero-order chi connectivity index (χ0) is 18.4. The third kappa shape index (κ3) is 2.53. The topological polar surface area (TPSA) is 78.5 Å². The molecule has 3 aromatic heterocycles. The van der Waals surface area contributed by atoms with E-state index in [9.17, 15) is 9.59 Å². The van der Waals surface area contributed by atoms with Gasteiger partial charge < -0.3 is 4.74 Å². The third-order valence-electron chi connectivity index (χ3n) is 3.93. The Morgan fingerprint density at radius 2 is 1.88 bits per heavy atom. The Hall–Kier alpha value is -2.90. The Bertz CT molecular complexity index is 1230. The number of fused-ring (bicyclic) bond motifs is 3. The first kappa shape index (κ1) is 16.6. The fourth-order valence-corrected chi connectivity index (χ4v) is 3.27. The van der Waals surface area contributed by atoms with E-state index in [1.807, 2.05) is 0 Å². The molecular formula is C17H10Cl2N4O3. The van der Waals surface area contributed by atoms with E-state index < -0.39 is 5.97 Å². The summed E-state index contributed by atoms with van der Waals surface area (Å²) in [5, 5.41) is 5.32. The first-order valence-corrected chi connectivity index (χ1v) is 8.18. The molecule has 0 fully saturated rings. The van der Waals surface area contributed by atoms with E-state index >= 15 is 0 Å². The molecule has 0 aliphatic rings. The molecule has 0 N–H and O–H groups in total. The molecule has 0 unspecified atom stereocenters. The number of hydrogen-bond donors (Lipinski definition) is 0. The van der Waals surface area contributed by atoms with Gasteiger partial charge in [-0.2, -0.15) is 5.10 Å². The van der Waals surface area contributed by atoms with Crippen molar-refractivity contribution in [2.24, 2.45) is 0 Å². The van der Waals surface area contributed by atoms with Crippen molar-refractivity contribution in [1.29, 1.82) is 0 Å². The molecule has 0 atom stereocenters. The molecule has 3 heterocycles. The quantitative estimate of drug-likeness (QED) is 0.493. The van der Waals surface area contributed by atoms with Crippen molar-refractivity contribution >= 4 is 45.7 Å². The van der Waals surface area contributed by atoms with E-state index in [1.54, 1.807) is 30.5 Å². The summed E-state index contributed by atoms with van der Waals surface area (Å²) in [7, 11) is 1.28. The largest absolute Gasteiger partial charge is 0.465 e. The molecule has 4 rings (SSSR count). The fraction of sp³-hybridized carbons (Fsp3) is 0.0588. The summed E-state index contributed by atoms with van der Waals surface area (Å²) in [5.74, 6) is -0.547. The maximum Gasteiger partial charge on any atom is 0.343 e. The minimum Gasteiger partial charge on any atom is -0.465 e. The molecule has 0 bridgehead atoms. The van der Waals surface area contributed by atoms with Gasteiger partial charge in [-0.05, 0) is 24.3 Å². The van der Waals surface area contributed by atoms with Crippen molar-refractivity contribution < 1.29 is 9.53 Å². The lowest BCUT2D eigenvalue weighted by atomic mass is 10.2. The van der Waals surface area contributed by atoms with Gasteiger partial charge in [0.1, 0.15) is 5.56 Å². The number of methoxy groups -OCH3 is 1. The summed E-state index contributed by atoms with van der Waals surface area (Å²) < 4.78 is 7.56. The summed E-state index contributed by atoms with van der Waals surface area (Å²) in [6.45, 7) is 0. The van der Waals surface area contributed by atoms with Gasteiger partial charge in [0, 0.05) is 22.4 Å². The molecule has 0 aliphatic carbocycles. The van der Waals surface area contributed by atoms with Crippen LogP contribution in [0.5, 0.6) is 0 Å². The number of ether oxygens (including phenoxy) is 1. The van der Waals surface area contributed by atoms with Crippen molar-refractivity contribution in [3.8, 4) is 5.69 Å². The molecule has 4 aromatic rings. The maximum atomic E-state index is 12.9. The second-order valence-electron chi connectivity index (χ2n) is 5.46. The lowest BCUT2D eigenvalue weighted by molar-refractivity contribution is 0.0602. The van der Waals surface area contributed by atoms with Crippen LogP contribution in [0.4, 0.5) is 0 Å². The average Bonchev–Trinajstić information content (AvgIpc) is 3.05. The Kier molecular flexibility index (Phi) is 3.90. The lowest BCUT2D eigenvalue weighted by Crippen LogP contribution is -2.19. The minimum atomic E-state index is -0.547. The van der Waals surface area contributed by atoms with E-state index in [0.29, 0.717) is 32.3 Å². The molecule has 130 valence electrons. The van der Waals surface area contributed by atoms with Crippen molar-refractivity contribution in [2.75, 3.05) is 7.11 Å². The molecule has 0 saturated carbocycles. The normalized spacial score (nSPS) is 11.2. The minimum absolute atomic E-state index is 0.222. The summed E-state index contributed by atoms with van der Waals surface area (Å²) in [6.07, 6.45) is 4.35. The van der Waals surface area contributed by atoms with Crippen molar-refractivity contribution in [1.82, 2.24) is 19.2 Å². The molecule has 0 radical (unpaired) electrons. The van der Waals surface area contributed by atoms with Gasteiger partial charge >= 0.3 is 5.97 Å². The Balaban J connectivity index is 1.98. The highest BCUT2D eigenvalue weighted by Crippen LogP contribution is 2.22. The number of nitrogens with zero attached hydrogens (tertiary/aromatic N) is 4. The van der Waals surface area contributed by atoms with Gasteiger partial charge in [-0.25, -0.2) is 14.3 Å². The van der Waals surface area contributed by atoms with Gasteiger partial charge in [0.15, 0.2) is 5.65 Å². The van der Waals surface area contributed by atoms with Crippen LogP contribution in [0.15, 0.2) is 47.7 Å². The smallest absolute Gasteiger partial charge is 0.343 e. The van der Waals surface area contributed by atoms with Crippen LogP contribution in [-0.4, -0.2) is 32.2 Å². The van der Waals surface area contributed by atoms with Gasteiger partial charge in [-0.15, -0.1) is 0 Å². The van der Waals surface area contributed by atoms with Gasteiger partial charge in [0.2, 0.25) is 0 Å². The van der Waals surface area contributed by atoms with E-state index in [4.69, 9.17) is 27.9 Å². The summed E-state index contributed by atoms with van der Waals surface area (Å²) >= 11 is 12.0. The highest BCUT2D eigenvalue weighted by Gasteiger charge is 2.17. The van der Waals surface area contributed by atoms with Gasteiger partial charge in [0.25, 0.3) is 5.56 Å². The number of aromatic nitrogens is 4. The standard InChI is InChI=1S/C17H10Cl2N4O3/c1-26-17(25)13-8-21-23-14-2-3-22(11-5-9(18)4-10(19)6-11)16(24)12(14)7-20-15(13)23/h2-8H,1H3. The third-order valence-corrected chi connectivity index (χ3v) is 4.36.